The van der Waals surface area contributed by atoms with E-state index in [4.69, 9.17) is 10.2 Å². The Kier molecular flexibility index (Phi) is 4.39. The number of nitrogens with zero attached hydrogens (tertiary/aromatic N) is 1. The molecule has 2 aliphatic rings. The van der Waals surface area contributed by atoms with Crippen LogP contribution in [0.5, 0.6) is 0 Å². The lowest BCUT2D eigenvalue weighted by molar-refractivity contribution is 0.0754. The van der Waals surface area contributed by atoms with Crippen LogP contribution in [0, 0.1) is 18.8 Å². The summed E-state index contributed by atoms with van der Waals surface area (Å²) in [6, 6.07) is 8.10. The summed E-state index contributed by atoms with van der Waals surface area (Å²) in [6.45, 7) is 3.65. The molecule has 1 saturated carbocycles. The van der Waals surface area contributed by atoms with Gasteiger partial charge in [-0.15, -0.1) is 12.4 Å². The van der Waals surface area contributed by atoms with Crippen LogP contribution < -0.4 is 5.73 Å². The van der Waals surface area contributed by atoms with E-state index in [2.05, 4.69) is 6.07 Å². The number of amides is 1. The Morgan fingerprint density at radius 1 is 1.26 bits per heavy atom. The lowest BCUT2D eigenvalue weighted by Gasteiger charge is -2.29. The molecule has 1 amide bonds. The number of carbonyl (C=O) groups is 1. The molecule has 2 aromatic rings. The van der Waals surface area contributed by atoms with E-state index in [0.29, 0.717) is 17.6 Å². The van der Waals surface area contributed by atoms with E-state index >= 15 is 0 Å². The lowest BCUT2D eigenvalue weighted by Crippen LogP contribution is -2.38. The zero-order valence-corrected chi connectivity index (χ0v) is 14.1. The topological polar surface area (TPSA) is 59.5 Å². The number of furan rings is 1. The highest BCUT2D eigenvalue weighted by molar-refractivity contribution is 5.96. The minimum Gasteiger partial charge on any atom is -0.451 e. The van der Waals surface area contributed by atoms with Crippen molar-refractivity contribution >= 4 is 29.3 Å². The third-order valence-corrected chi connectivity index (χ3v) is 5.32. The number of halogens is 1. The molecule has 0 radical (unpaired) electrons. The highest BCUT2D eigenvalue weighted by Gasteiger charge is 2.41. The molecule has 23 heavy (non-hydrogen) atoms. The molecule has 1 aromatic heterocycles. The Labute approximate surface area is 142 Å². The minimum atomic E-state index is 0. The van der Waals surface area contributed by atoms with Gasteiger partial charge in [-0.2, -0.15) is 0 Å². The first-order valence-electron chi connectivity index (χ1n) is 8.17. The number of hydrogen-bond donors (Lipinski definition) is 1. The number of likely N-dealkylation sites (tertiary alicyclic amines) is 1. The average Bonchev–Trinajstić information content (AvgIpc) is 3.10. The quantitative estimate of drug-likeness (QED) is 0.869. The van der Waals surface area contributed by atoms with Gasteiger partial charge in [0.2, 0.25) is 0 Å². The van der Waals surface area contributed by atoms with Crippen LogP contribution in [0.2, 0.25) is 0 Å². The predicted molar refractivity (Wildman–Crippen MR) is 92.9 cm³/mol. The molecule has 1 aliphatic carbocycles. The summed E-state index contributed by atoms with van der Waals surface area (Å²) in [4.78, 5) is 14.7. The molecule has 3 unspecified atom stereocenters. The van der Waals surface area contributed by atoms with Crippen LogP contribution in [0.4, 0.5) is 0 Å². The fourth-order valence-corrected chi connectivity index (χ4v) is 4.11. The number of benzene rings is 1. The Balaban J connectivity index is 0.00000156. The minimum absolute atomic E-state index is 0. The second-order valence-corrected chi connectivity index (χ2v) is 6.88. The molecular weight excluding hydrogens is 312 g/mol. The second-order valence-electron chi connectivity index (χ2n) is 6.88. The summed E-state index contributed by atoms with van der Waals surface area (Å²) < 4.78 is 5.75. The Bertz CT molecular complexity index is 727. The van der Waals surface area contributed by atoms with Gasteiger partial charge in [0.05, 0.1) is 0 Å². The van der Waals surface area contributed by atoms with E-state index in [-0.39, 0.29) is 24.4 Å². The van der Waals surface area contributed by atoms with Gasteiger partial charge < -0.3 is 15.1 Å². The third-order valence-electron chi connectivity index (χ3n) is 5.32. The summed E-state index contributed by atoms with van der Waals surface area (Å²) in [5.41, 5.74) is 8.19. The van der Waals surface area contributed by atoms with Crippen molar-refractivity contribution in [3.63, 3.8) is 0 Å². The molecule has 1 aromatic carbocycles. The average molecular weight is 335 g/mol. The molecule has 2 heterocycles. The molecule has 1 aliphatic heterocycles. The van der Waals surface area contributed by atoms with E-state index < -0.39 is 0 Å². The molecular formula is C18H23ClN2O2. The zero-order chi connectivity index (χ0) is 15.3. The van der Waals surface area contributed by atoms with Crippen molar-refractivity contribution in [3.8, 4) is 0 Å². The first-order valence-corrected chi connectivity index (χ1v) is 8.17. The van der Waals surface area contributed by atoms with Crippen molar-refractivity contribution < 1.29 is 9.21 Å². The standard InChI is InChI=1S/C18H22N2O2.ClH/c1-11-5-6-16-13(7-11)8-17(22-16)18(21)20-9-12-3-2-4-15(19)14(12)10-20;/h5-8,12,14-15H,2-4,9-10,19H2,1H3;1H. The van der Waals surface area contributed by atoms with Crippen molar-refractivity contribution in [2.75, 3.05) is 13.1 Å². The fraction of sp³-hybridized carbons (Fsp3) is 0.500. The molecule has 2 fully saturated rings. The largest absolute Gasteiger partial charge is 0.451 e. The summed E-state index contributed by atoms with van der Waals surface area (Å²) in [5.74, 6) is 1.49. The van der Waals surface area contributed by atoms with Crippen LogP contribution in [0.25, 0.3) is 11.0 Å². The SMILES string of the molecule is Cc1ccc2oc(C(=O)N3CC4CCCC(N)C4C3)cc2c1.Cl. The summed E-state index contributed by atoms with van der Waals surface area (Å²) >= 11 is 0. The fourth-order valence-electron chi connectivity index (χ4n) is 4.11. The van der Waals surface area contributed by atoms with Crippen molar-refractivity contribution in [1.29, 1.82) is 0 Å². The summed E-state index contributed by atoms with van der Waals surface area (Å²) in [7, 11) is 0. The van der Waals surface area contributed by atoms with Gasteiger partial charge in [-0.1, -0.05) is 18.1 Å². The first kappa shape index (κ1) is 16.3. The van der Waals surface area contributed by atoms with Crippen LogP contribution >= 0.6 is 12.4 Å². The molecule has 3 atom stereocenters. The van der Waals surface area contributed by atoms with Gasteiger partial charge in [0, 0.05) is 24.5 Å². The number of rotatable bonds is 1. The van der Waals surface area contributed by atoms with E-state index in [0.717, 1.165) is 30.5 Å². The van der Waals surface area contributed by atoms with Crippen LogP contribution in [0.15, 0.2) is 28.7 Å². The van der Waals surface area contributed by atoms with Crippen molar-refractivity contribution in [2.45, 2.75) is 32.2 Å². The molecule has 4 rings (SSSR count). The molecule has 2 N–H and O–H groups in total. The predicted octanol–water partition coefficient (Wildman–Crippen LogP) is 3.36. The molecule has 0 spiro atoms. The third kappa shape index (κ3) is 2.86. The maximum Gasteiger partial charge on any atom is 0.289 e. The Hall–Kier alpha value is -1.52. The van der Waals surface area contributed by atoms with Crippen molar-refractivity contribution in [2.24, 2.45) is 17.6 Å². The van der Waals surface area contributed by atoms with Crippen LogP contribution in [0.1, 0.15) is 35.4 Å². The zero-order valence-electron chi connectivity index (χ0n) is 13.3. The number of fused-ring (bicyclic) bond motifs is 2. The number of nitrogens with two attached hydrogens (primary N) is 1. The smallest absolute Gasteiger partial charge is 0.289 e. The van der Waals surface area contributed by atoms with Crippen LogP contribution in [-0.2, 0) is 0 Å². The van der Waals surface area contributed by atoms with Gasteiger partial charge in [-0.05, 0) is 49.8 Å². The first-order chi connectivity index (χ1) is 10.6. The van der Waals surface area contributed by atoms with Crippen LogP contribution in [0.3, 0.4) is 0 Å². The van der Waals surface area contributed by atoms with Gasteiger partial charge in [-0.25, -0.2) is 0 Å². The number of aryl methyl sites for hydroxylation is 1. The van der Waals surface area contributed by atoms with Crippen molar-refractivity contribution in [1.82, 2.24) is 4.90 Å². The highest BCUT2D eigenvalue weighted by Crippen LogP contribution is 2.36. The van der Waals surface area contributed by atoms with Gasteiger partial charge in [-0.3, -0.25) is 4.79 Å². The maximum absolute atomic E-state index is 12.7. The number of carbonyl (C=O) groups excluding carboxylic acids is 1. The Morgan fingerprint density at radius 2 is 2.09 bits per heavy atom. The molecule has 1 saturated heterocycles. The molecule has 4 nitrogen and oxygen atoms in total. The van der Waals surface area contributed by atoms with Gasteiger partial charge >= 0.3 is 0 Å². The van der Waals surface area contributed by atoms with E-state index in [1.165, 1.54) is 18.4 Å². The second kappa shape index (κ2) is 6.17. The normalized spacial score (nSPS) is 26.9. The van der Waals surface area contributed by atoms with E-state index in [1.807, 2.05) is 30.0 Å². The van der Waals surface area contributed by atoms with Gasteiger partial charge in [0.15, 0.2) is 5.76 Å². The van der Waals surface area contributed by atoms with Crippen LogP contribution in [-0.4, -0.2) is 29.9 Å². The molecule has 124 valence electrons. The van der Waals surface area contributed by atoms with Gasteiger partial charge in [0.25, 0.3) is 5.91 Å². The highest BCUT2D eigenvalue weighted by atomic mass is 35.5. The molecule has 5 heteroatoms. The summed E-state index contributed by atoms with van der Waals surface area (Å²) in [5, 5.41) is 0.997. The lowest BCUT2D eigenvalue weighted by atomic mass is 9.78. The van der Waals surface area contributed by atoms with Crippen molar-refractivity contribution in [3.05, 3.63) is 35.6 Å². The summed E-state index contributed by atoms with van der Waals surface area (Å²) in [6.07, 6.45) is 3.48. The maximum atomic E-state index is 12.7. The van der Waals surface area contributed by atoms with E-state index in [1.54, 1.807) is 0 Å². The monoisotopic (exact) mass is 334 g/mol. The van der Waals surface area contributed by atoms with Gasteiger partial charge in [0.1, 0.15) is 5.58 Å². The van der Waals surface area contributed by atoms with E-state index in [9.17, 15) is 4.79 Å². The Morgan fingerprint density at radius 3 is 2.87 bits per heavy atom. The molecule has 0 bridgehead atoms. The number of hydrogen-bond acceptors (Lipinski definition) is 3.